The highest BCUT2D eigenvalue weighted by molar-refractivity contribution is 6.55. The van der Waals surface area contributed by atoms with E-state index in [0.717, 1.165) is 11.3 Å². The molecular weight excluding hydrogens is 373 g/mol. The summed E-state index contributed by atoms with van der Waals surface area (Å²) in [6.45, 7) is 5.67. The molecule has 0 aromatic heterocycles. The summed E-state index contributed by atoms with van der Waals surface area (Å²) in [5.74, 6) is 1.41. The summed E-state index contributed by atoms with van der Waals surface area (Å²) in [6.07, 6.45) is 0.811. The van der Waals surface area contributed by atoms with E-state index in [1.807, 2.05) is 75.4 Å². The number of halogens is 2. The summed E-state index contributed by atoms with van der Waals surface area (Å²) < 4.78 is 11.2. The maximum absolute atomic E-state index is 12.4. The monoisotopic (exact) mass is 393 g/mol. The second-order valence-electron chi connectivity index (χ2n) is 6.58. The first kappa shape index (κ1) is 20.1. The molecule has 0 saturated carbocycles. The number of ether oxygens (including phenoxy) is 2. The lowest BCUT2D eigenvalue weighted by Gasteiger charge is -2.31. The van der Waals surface area contributed by atoms with Crippen LogP contribution in [0.2, 0.25) is 0 Å². The van der Waals surface area contributed by atoms with Gasteiger partial charge in [0, 0.05) is 11.7 Å². The van der Waals surface area contributed by atoms with Crippen molar-refractivity contribution in [2.45, 2.75) is 32.9 Å². The standard InChI is InChI=1S/C20H21Cl2NO3/c1-20(2,3)23(13-18(21)22)19(24)25-14-15-8-7-11-17(12-15)26-16-9-5-4-6-10-16/h4-13H,14H2,1-3H3. The van der Waals surface area contributed by atoms with Gasteiger partial charge in [-0.3, -0.25) is 4.90 Å². The molecule has 0 unspecified atom stereocenters. The van der Waals surface area contributed by atoms with Crippen molar-refractivity contribution in [3.8, 4) is 11.5 Å². The van der Waals surface area contributed by atoms with Gasteiger partial charge in [0.05, 0.1) is 0 Å². The summed E-state index contributed by atoms with van der Waals surface area (Å²) in [5, 5.41) is 0. The largest absolute Gasteiger partial charge is 0.457 e. The van der Waals surface area contributed by atoms with Crippen LogP contribution >= 0.6 is 23.2 Å². The molecule has 0 radical (unpaired) electrons. The predicted molar refractivity (Wildman–Crippen MR) is 105 cm³/mol. The van der Waals surface area contributed by atoms with Crippen LogP contribution in [-0.2, 0) is 11.3 Å². The summed E-state index contributed by atoms with van der Waals surface area (Å²) in [4.78, 5) is 13.7. The zero-order valence-electron chi connectivity index (χ0n) is 14.9. The van der Waals surface area contributed by atoms with Crippen LogP contribution < -0.4 is 4.74 Å². The fourth-order valence-electron chi connectivity index (χ4n) is 2.16. The topological polar surface area (TPSA) is 38.8 Å². The Balaban J connectivity index is 2.03. The number of carbonyl (C=O) groups is 1. The maximum Gasteiger partial charge on any atom is 0.414 e. The van der Waals surface area contributed by atoms with Crippen molar-refractivity contribution in [3.63, 3.8) is 0 Å². The molecule has 0 bridgehead atoms. The predicted octanol–water partition coefficient (Wildman–Crippen LogP) is 6.49. The average molecular weight is 394 g/mol. The van der Waals surface area contributed by atoms with Gasteiger partial charge in [0.15, 0.2) is 0 Å². The minimum Gasteiger partial charge on any atom is -0.457 e. The molecule has 6 heteroatoms. The van der Waals surface area contributed by atoms with Crippen molar-refractivity contribution >= 4 is 29.3 Å². The first-order chi connectivity index (χ1) is 12.3. The van der Waals surface area contributed by atoms with E-state index in [1.54, 1.807) is 0 Å². The van der Waals surface area contributed by atoms with Gasteiger partial charge in [0.1, 0.15) is 22.6 Å². The summed E-state index contributed by atoms with van der Waals surface area (Å²) in [6, 6.07) is 16.8. The molecule has 0 atom stereocenters. The smallest absolute Gasteiger partial charge is 0.414 e. The molecule has 0 heterocycles. The molecule has 138 valence electrons. The van der Waals surface area contributed by atoms with E-state index >= 15 is 0 Å². The zero-order chi connectivity index (χ0) is 19.2. The van der Waals surface area contributed by atoms with E-state index in [1.165, 1.54) is 11.1 Å². The van der Waals surface area contributed by atoms with Crippen LogP contribution in [0.5, 0.6) is 11.5 Å². The molecular formula is C20H21Cl2NO3. The zero-order valence-corrected chi connectivity index (χ0v) is 16.4. The first-order valence-electron chi connectivity index (χ1n) is 8.06. The minimum atomic E-state index is -0.536. The number of nitrogens with zero attached hydrogens (tertiary/aromatic N) is 1. The van der Waals surface area contributed by atoms with Crippen LogP contribution in [0, 0.1) is 0 Å². The van der Waals surface area contributed by atoms with Gasteiger partial charge in [-0.25, -0.2) is 4.79 Å². The van der Waals surface area contributed by atoms with Crippen LogP contribution in [0.15, 0.2) is 65.3 Å². The van der Waals surface area contributed by atoms with Gasteiger partial charge in [-0.2, -0.15) is 0 Å². The molecule has 0 fully saturated rings. The number of hydrogen-bond donors (Lipinski definition) is 0. The van der Waals surface area contributed by atoms with E-state index < -0.39 is 11.6 Å². The second kappa shape index (κ2) is 8.97. The van der Waals surface area contributed by atoms with E-state index in [2.05, 4.69) is 0 Å². The third-order valence-electron chi connectivity index (χ3n) is 3.39. The Labute approximate surface area is 163 Å². The lowest BCUT2D eigenvalue weighted by molar-refractivity contribution is 0.0852. The van der Waals surface area contributed by atoms with Gasteiger partial charge in [-0.15, -0.1) is 0 Å². The highest BCUT2D eigenvalue weighted by atomic mass is 35.5. The normalized spacial score (nSPS) is 10.8. The Hall–Kier alpha value is -2.17. The van der Waals surface area contributed by atoms with E-state index in [9.17, 15) is 4.79 Å². The van der Waals surface area contributed by atoms with E-state index in [4.69, 9.17) is 32.7 Å². The Morgan fingerprint density at radius 3 is 2.31 bits per heavy atom. The van der Waals surface area contributed by atoms with E-state index in [-0.39, 0.29) is 11.1 Å². The van der Waals surface area contributed by atoms with Gasteiger partial charge < -0.3 is 9.47 Å². The molecule has 4 nitrogen and oxygen atoms in total. The van der Waals surface area contributed by atoms with Gasteiger partial charge in [-0.1, -0.05) is 53.5 Å². The number of amides is 1. The van der Waals surface area contributed by atoms with Crippen LogP contribution in [0.1, 0.15) is 26.3 Å². The lowest BCUT2D eigenvalue weighted by Crippen LogP contribution is -2.42. The maximum atomic E-state index is 12.4. The molecule has 0 aliphatic carbocycles. The highest BCUT2D eigenvalue weighted by Gasteiger charge is 2.26. The molecule has 2 aromatic rings. The van der Waals surface area contributed by atoms with Crippen LogP contribution in [0.4, 0.5) is 4.79 Å². The third kappa shape index (κ3) is 6.28. The van der Waals surface area contributed by atoms with Gasteiger partial charge in [0.2, 0.25) is 0 Å². The molecule has 0 N–H and O–H groups in total. The second-order valence-corrected chi connectivity index (χ2v) is 7.58. The Bertz CT molecular complexity index is 766. The van der Waals surface area contributed by atoms with Crippen molar-refractivity contribution in [1.29, 1.82) is 0 Å². The fraction of sp³-hybridized carbons (Fsp3) is 0.250. The molecule has 0 saturated heterocycles. The molecule has 0 aliphatic heterocycles. The summed E-state index contributed by atoms with van der Waals surface area (Å²) >= 11 is 11.4. The Morgan fingerprint density at radius 1 is 1.04 bits per heavy atom. The Morgan fingerprint density at radius 2 is 1.69 bits per heavy atom. The molecule has 2 aromatic carbocycles. The molecule has 0 aliphatic rings. The van der Waals surface area contributed by atoms with Gasteiger partial charge >= 0.3 is 6.09 Å². The van der Waals surface area contributed by atoms with Crippen molar-refractivity contribution in [1.82, 2.24) is 4.90 Å². The summed E-state index contributed by atoms with van der Waals surface area (Å²) in [5.41, 5.74) is 0.284. The number of rotatable bonds is 5. The van der Waals surface area contributed by atoms with Gasteiger partial charge in [0.25, 0.3) is 0 Å². The lowest BCUT2D eigenvalue weighted by atomic mass is 10.1. The first-order valence-corrected chi connectivity index (χ1v) is 8.82. The quantitative estimate of drug-likeness (QED) is 0.582. The molecule has 26 heavy (non-hydrogen) atoms. The van der Waals surface area contributed by atoms with Crippen molar-refractivity contribution in [3.05, 3.63) is 70.9 Å². The van der Waals surface area contributed by atoms with Crippen molar-refractivity contribution < 1.29 is 14.3 Å². The molecule has 2 rings (SSSR count). The number of para-hydroxylation sites is 1. The highest BCUT2D eigenvalue weighted by Crippen LogP contribution is 2.23. The average Bonchev–Trinajstić information content (AvgIpc) is 2.58. The van der Waals surface area contributed by atoms with Crippen molar-refractivity contribution in [2.75, 3.05) is 0 Å². The van der Waals surface area contributed by atoms with Crippen molar-refractivity contribution in [2.24, 2.45) is 0 Å². The van der Waals surface area contributed by atoms with Crippen LogP contribution in [-0.4, -0.2) is 16.5 Å². The summed E-state index contributed by atoms with van der Waals surface area (Å²) in [7, 11) is 0. The SMILES string of the molecule is CC(C)(C)N(C=C(Cl)Cl)C(=O)OCc1cccc(Oc2ccccc2)c1. The third-order valence-corrected chi connectivity index (χ3v) is 3.58. The molecule has 1 amide bonds. The van der Waals surface area contributed by atoms with E-state index in [0.29, 0.717) is 5.75 Å². The Kier molecular flexibility index (Phi) is 6.95. The minimum absolute atomic E-state index is 0.0184. The van der Waals surface area contributed by atoms with Crippen LogP contribution in [0.25, 0.3) is 0 Å². The number of hydrogen-bond acceptors (Lipinski definition) is 3. The van der Waals surface area contributed by atoms with Crippen LogP contribution in [0.3, 0.4) is 0 Å². The number of carbonyl (C=O) groups excluding carboxylic acids is 1. The van der Waals surface area contributed by atoms with Gasteiger partial charge in [-0.05, 0) is 50.6 Å². The fourth-order valence-corrected chi connectivity index (χ4v) is 2.35. The molecule has 0 spiro atoms. The number of benzene rings is 2.